The van der Waals surface area contributed by atoms with Gasteiger partial charge < -0.3 is 15.8 Å². The first-order chi connectivity index (χ1) is 8.56. The lowest BCUT2D eigenvalue weighted by Gasteiger charge is -2.17. The SMILES string of the molecule is COC(CN)CC(=O)N[C@H](C)c1ccc(C)cc1. The molecular formula is C14H22N2O2. The number of rotatable bonds is 6. The summed E-state index contributed by atoms with van der Waals surface area (Å²) < 4.78 is 5.09. The van der Waals surface area contributed by atoms with Crippen LogP contribution < -0.4 is 11.1 Å². The van der Waals surface area contributed by atoms with E-state index in [1.54, 1.807) is 7.11 Å². The summed E-state index contributed by atoms with van der Waals surface area (Å²) in [6.07, 6.45) is 0.0821. The van der Waals surface area contributed by atoms with Crippen LogP contribution in [0.2, 0.25) is 0 Å². The highest BCUT2D eigenvalue weighted by Crippen LogP contribution is 2.13. The molecule has 4 nitrogen and oxygen atoms in total. The molecule has 0 heterocycles. The fourth-order valence-corrected chi connectivity index (χ4v) is 1.71. The van der Waals surface area contributed by atoms with Gasteiger partial charge in [-0.1, -0.05) is 29.8 Å². The second kappa shape index (κ2) is 7.13. The number of carbonyl (C=O) groups is 1. The van der Waals surface area contributed by atoms with Crippen LogP contribution in [0, 0.1) is 6.92 Å². The number of benzene rings is 1. The van der Waals surface area contributed by atoms with Crippen LogP contribution in [0.3, 0.4) is 0 Å². The van der Waals surface area contributed by atoms with Crippen LogP contribution in [0.15, 0.2) is 24.3 Å². The number of amides is 1. The van der Waals surface area contributed by atoms with Gasteiger partial charge in [0.25, 0.3) is 0 Å². The van der Waals surface area contributed by atoms with Crippen molar-refractivity contribution < 1.29 is 9.53 Å². The van der Waals surface area contributed by atoms with Crippen molar-refractivity contribution >= 4 is 5.91 Å². The Kier molecular flexibility index (Phi) is 5.82. The van der Waals surface area contributed by atoms with Gasteiger partial charge in [0.05, 0.1) is 18.6 Å². The Hall–Kier alpha value is -1.39. The van der Waals surface area contributed by atoms with E-state index in [0.717, 1.165) is 5.56 Å². The van der Waals surface area contributed by atoms with Crippen molar-refractivity contribution in [2.75, 3.05) is 13.7 Å². The predicted molar refractivity (Wildman–Crippen MR) is 72.2 cm³/mol. The molecule has 4 heteroatoms. The zero-order valence-corrected chi connectivity index (χ0v) is 11.3. The summed E-state index contributed by atoms with van der Waals surface area (Å²) in [5.41, 5.74) is 7.79. The van der Waals surface area contributed by atoms with Crippen molar-refractivity contribution in [3.63, 3.8) is 0 Å². The summed E-state index contributed by atoms with van der Waals surface area (Å²) in [5.74, 6) is -0.0413. The Morgan fingerprint density at radius 2 is 2.00 bits per heavy atom. The third kappa shape index (κ3) is 4.47. The van der Waals surface area contributed by atoms with Gasteiger partial charge in [-0.15, -0.1) is 0 Å². The Labute approximate surface area is 109 Å². The summed E-state index contributed by atoms with van der Waals surface area (Å²) in [6, 6.07) is 8.12. The van der Waals surface area contributed by atoms with Gasteiger partial charge in [0.15, 0.2) is 0 Å². The number of nitrogens with two attached hydrogens (primary N) is 1. The number of ether oxygens (including phenoxy) is 1. The summed E-state index contributed by atoms with van der Waals surface area (Å²) in [6.45, 7) is 4.35. The quantitative estimate of drug-likeness (QED) is 0.805. The molecule has 0 fully saturated rings. The summed E-state index contributed by atoms with van der Waals surface area (Å²) in [7, 11) is 1.56. The van der Waals surface area contributed by atoms with Crippen LogP contribution >= 0.6 is 0 Å². The van der Waals surface area contributed by atoms with E-state index >= 15 is 0 Å². The van der Waals surface area contributed by atoms with Gasteiger partial charge in [-0.25, -0.2) is 0 Å². The van der Waals surface area contributed by atoms with Crippen LogP contribution in [-0.2, 0) is 9.53 Å². The van der Waals surface area contributed by atoms with Crippen molar-refractivity contribution in [1.29, 1.82) is 0 Å². The lowest BCUT2D eigenvalue weighted by Crippen LogP contribution is -2.33. The number of hydrogen-bond donors (Lipinski definition) is 2. The van der Waals surface area contributed by atoms with E-state index in [4.69, 9.17) is 10.5 Å². The van der Waals surface area contributed by atoms with E-state index in [2.05, 4.69) is 5.32 Å². The first-order valence-electron chi connectivity index (χ1n) is 6.15. The summed E-state index contributed by atoms with van der Waals surface area (Å²) >= 11 is 0. The van der Waals surface area contributed by atoms with Crippen LogP contribution in [0.1, 0.15) is 30.5 Å². The summed E-state index contributed by atoms with van der Waals surface area (Å²) in [5, 5.41) is 2.94. The van der Waals surface area contributed by atoms with E-state index < -0.39 is 0 Å². The molecule has 1 amide bonds. The van der Waals surface area contributed by atoms with Crippen LogP contribution in [0.4, 0.5) is 0 Å². The summed E-state index contributed by atoms with van der Waals surface area (Å²) in [4.78, 5) is 11.8. The third-order valence-electron chi connectivity index (χ3n) is 2.96. The molecule has 1 rings (SSSR count). The molecule has 3 N–H and O–H groups in total. The molecule has 0 saturated carbocycles. The maximum absolute atomic E-state index is 11.8. The Morgan fingerprint density at radius 3 is 2.50 bits per heavy atom. The van der Waals surface area contributed by atoms with E-state index in [-0.39, 0.29) is 18.1 Å². The molecule has 1 aromatic rings. The molecule has 0 spiro atoms. The topological polar surface area (TPSA) is 64.3 Å². The minimum Gasteiger partial charge on any atom is -0.380 e. The smallest absolute Gasteiger partial charge is 0.223 e. The zero-order valence-electron chi connectivity index (χ0n) is 11.3. The highest BCUT2D eigenvalue weighted by atomic mass is 16.5. The fourth-order valence-electron chi connectivity index (χ4n) is 1.71. The minimum absolute atomic E-state index is 0.00613. The molecule has 0 aliphatic heterocycles. The molecule has 18 heavy (non-hydrogen) atoms. The van der Waals surface area contributed by atoms with Crippen molar-refractivity contribution in [2.24, 2.45) is 5.73 Å². The van der Waals surface area contributed by atoms with Crippen molar-refractivity contribution in [1.82, 2.24) is 5.32 Å². The van der Waals surface area contributed by atoms with Gasteiger partial charge in [0, 0.05) is 13.7 Å². The van der Waals surface area contributed by atoms with Gasteiger partial charge in [0.2, 0.25) is 5.91 Å². The maximum atomic E-state index is 11.8. The standard InChI is InChI=1S/C14H22N2O2/c1-10-4-6-12(7-5-10)11(2)16-14(17)8-13(9-15)18-3/h4-7,11,13H,8-9,15H2,1-3H3,(H,16,17)/t11-,13?/m1/s1. The first-order valence-corrected chi connectivity index (χ1v) is 6.15. The second-order valence-electron chi connectivity index (χ2n) is 4.50. The minimum atomic E-state index is -0.213. The van der Waals surface area contributed by atoms with Gasteiger partial charge in [0.1, 0.15) is 0 Å². The molecule has 0 aromatic heterocycles. The van der Waals surface area contributed by atoms with E-state index in [9.17, 15) is 4.79 Å². The number of carbonyl (C=O) groups excluding carboxylic acids is 1. The molecule has 1 unspecified atom stereocenters. The van der Waals surface area contributed by atoms with Gasteiger partial charge in [-0.05, 0) is 19.4 Å². The largest absolute Gasteiger partial charge is 0.380 e. The molecule has 0 radical (unpaired) electrons. The monoisotopic (exact) mass is 250 g/mol. The third-order valence-corrected chi connectivity index (χ3v) is 2.96. The molecular weight excluding hydrogens is 228 g/mol. The number of methoxy groups -OCH3 is 1. The average Bonchev–Trinajstić information content (AvgIpc) is 2.36. The second-order valence-corrected chi connectivity index (χ2v) is 4.50. The van der Waals surface area contributed by atoms with Gasteiger partial charge in [-0.3, -0.25) is 4.79 Å². The van der Waals surface area contributed by atoms with Gasteiger partial charge >= 0.3 is 0 Å². The highest BCUT2D eigenvalue weighted by molar-refractivity contribution is 5.76. The number of hydrogen-bond acceptors (Lipinski definition) is 3. The van der Waals surface area contributed by atoms with E-state index in [0.29, 0.717) is 13.0 Å². The lowest BCUT2D eigenvalue weighted by molar-refractivity contribution is -0.124. The van der Waals surface area contributed by atoms with Gasteiger partial charge in [-0.2, -0.15) is 0 Å². The average molecular weight is 250 g/mol. The maximum Gasteiger partial charge on any atom is 0.223 e. The van der Waals surface area contributed by atoms with Crippen molar-refractivity contribution in [3.8, 4) is 0 Å². The van der Waals surface area contributed by atoms with Crippen LogP contribution in [0.25, 0.3) is 0 Å². The fraction of sp³-hybridized carbons (Fsp3) is 0.500. The highest BCUT2D eigenvalue weighted by Gasteiger charge is 2.14. The van der Waals surface area contributed by atoms with Crippen LogP contribution in [0.5, 0.6) is 0 Å². The van der Waals surface area contributed by atoms with E-state index in [1.165, 1.54) is 5.56 Å². The molecule has 0 saturated heterocycles. The number of nitrogens with one attached hydrogen (secondary N) is 1. The number of aryl methyl sites for hydroxylation is 1. The Bertz CT molecular complexity index is 372. The zero-order chi connectivity index (χ0) is 13.5. The molecule has 0 aliphatic rings. The van der Waals surface area contributed by atoms with Crippen molar-refractivity contribution in [3.05, 3.63) is 35.4 Å². The molecule has 100 valence electrons. The molecule has 0 bridgehead atoms. The van der Waals surface area contributed by atoms with Crippen molar-refractivity contribution in [2.45, 2.75) is 32.4 Å². The predicted octanol–water partition coefficient (Wildman–Crippen LogP) is 1.54. The van der Waals surface area contributed by atoms with Crippen LogP contribution in [-0.4, -0.2) is 25.7 Å². The Balaban J connectivity index is 2.51. The molecule has 2 atom stereocenters. The molecule has 0 aliphatic carbocycles. The lowest BCUT2D eigenvalue weighted by atomic mass is 10.1. The normalized spacial score (nSPS) is 14.0. The Morgan fingerprint density at radius 1 is 1.39 bits per heavy atom. The van der Waals surface area contributed by atoms with E-state index in [1.807, 2.05) is 38.1 Å². The molecule has 1 aromatic carbocycles. The first kappa shape index (κ1) is 14.7.